The van der Waals surface area contributed by atoms with Crippen LogP contribution in [0.25, 0.3) is 0 Å². The van der Waals surface area contributed by atoms with Crippen molar-refractivity contribution in [2.24, 2.45) is 0 Å². The Kier molecular flexibility index (Phi) is 8.56. The van der Waals surface area contributed by atoms with Crippen LogP contribution in [0.1, 0.15) is 61.6 Å². The first kappa shape index (κ1) is 28.5. The molecular formula is C26H31F3N2O5S. The fourth-order valence-corrected chi connectivity index (χ4v) is 5.44. The molecule has 0 radical (unpaired) electrons. The molecule has 0 saturated heterocycles. The van der Waals surface area contributed by atoms with E-state index in [4.69, 9.17) is 9.90 Å². The number of aryl methyl sites for hydroxylation is 2. The maximum absolute atomic E-state index is 12.9. The van der Waals surface area contributed by atoms with Gasteiger partial charge in [0.25, 0.3) is 10.0 Å². The molecule has 3 N–H and O–H groups in total. The Hall–Kier alpha value is -3.08. The summed E-state index contributed by atoms with van der Waals surface area (Å²) in [6, 6.07) is 12.7. The number of carboxylic acid groups (broad SMARTS) is 1. The van der Waals surface area contributed by atoms with Crippen LogP contribution in [0.4, 0.5) is 18.9 Å². The van der Waals surface area contributed by atoms with Crippen molar-refractivity contribution in [3.63, 3.8) is 0 Å². The van der Waals surface area contributed by atoms with Gasteiger partial charge < -0.3 is 10.4 Å². The highest BCUT2D eigenvalue weighted by atomic mass is 32.2. The Labute approximate surface area is 214 Å². The largest absolute Gasteiger partial charge is 0.490 e. The van der Waals surface area contributed by atoms with Crippen molar-refractivity contribution in [1.82, 2.24) is 5.32 Å². The molecule has 11 heteroatoms. The van der Waals surface area contributed by atoms with Crippen LogP contribution in [0, 0.1) is 13.8 Å². The maximum atomic E-state index is 12.9. The minimum absolute atomic E-state index is 0.123. The topological polar surface area (TPSA) is 113 Å². The van der Waals surface area contributed by atoms with Gasteiger partial charge in [-0.15, -0.1) is 0 Å². The quantitative estimate of drug-likeness (QED) is 0.465. The van der Waals surface area contributed by atoms with E-state index in [2.05, 4.69) is 10.0 Å². The number of nitrogens with one attached hydrogen (secondary N) is 2. The number of anilines is 1. The summed E-state index contributed by atoms with van der Waals surface area (Å²) in [4.78, 5) is 22.1. The molecule has 2 aromatic carbocycles. The van der Waals surface area contributed by atoms with Gasteiger partial charge in [-0.25, -0.2) is 13.2 Å². The molecule has 7 nitrogen and oxygen atoms in total. The van der Waals surface area contributed by atoms with Crippen molar-refractivity contribution in [2.75, 3.05) is 4.72 Å². The summed E-state index contributed by atoms with van der Waals surface area (Å²) in [6.07, 6.45) is 2.39. The van der Waals surface area contributed by atoms with E-state index < -0.39 is 27.6 Å². The molecule has 4 rings (SSSR count). The lowest BCUT2D eigenvalue weighted by atomic mass is 9.91. The molecule has 2 aromatic rings. The van der Waals surface area contributed by atoms with Gasteiger partial charge in [0.05, 0.1) is 10.3 Å². The Morgan fingerprint density at radius 1 is 0.946 bits per heavy atom. The van der Waals surface area contributed by atoms with Crippen LogP contribution in [0.3, 0.4) is 0 Å². The molecule has 2 fully saturated rings. The van der Waals surface area contributed by atoms with Crippen LogP contribution >= 0.6 is 0 Å². The van der Waals surface area contributed by atoms with Crippen molar-refractivity contribution in [3.8, 4) is 0 Å². The molecule has 0 aromatic heterocycles. The zero-order valence-electron chi connectivity index (χ0n) is 20.7. The number of hydrogen-bond acceptors (Lipinski definition) is 4. The minimum atomic E-state index is -5.08. The van der Waals surface area contributed by atoms with E-state index in [1.54, 1.807) is 24.3 Å². The monoisotopic (exact) mass is 540 g/mol. The number of benzene rings is 2. The second kappa shape index (κ2) is 11.1. The van der Waals surface area contributed by atoms with Crippen LogP contribution in [0.15, 0.2) is 47.4 Å². The van der Waals surface area contributed by atoms with Crippen LogP contribution < -0.4 is 10.0 Å². The first-order valence-corrected chi connectivity index (χ1v) is 13.5. The summed E-state index contributed by atoms with van der Waals surface area (Å²) < 4.78 is 59.8. The van der Waals surface area contributed by atoms with Gasteiger partial charge in [-0.1, -0.05) is 37.5 Å². The lowest BCUT2D eigenvalue weighted by molar-refractivity contribution is -0.192. The highest BCUT2D eigenvalue weighted by molar-refractivity contribution is 7.92. The third-order valence-corrected chi connectivity index (χ3v) is 8.22. The SMILES string of the molecule is Cc1ccc(S(=O)(=O)Nc2ccc(C3(C(=O)NC4CCCCC4)CC3)cc2)cc1C.O=C(O)C(F)(F)F. The lowest BCUT2D eigenvalue weighted by Crippen LogP contribution is -2.42. The Morgan fingerprint density at radius 3 is 2.00 bits per heavy atom. The summed E-state index contributed by atoms with van der Waals surface area (Å²) in [6.45, 7) is 3.85. The number of alkyl halides is 3. The standard InChI is InChI=1S/C24H30N2O3S.C2HF3O2/c1-17-8-13-22(16-18(17)2)30(28,29)26-21-11-9-19(10-12-21)24(14-15-24)23(27)25-20-6-4-3-5-7-20;3-2(4,5)1(6)7/h8-13,16,20,26H,3-7,14-15H2,1-2H3,(H,25,27);(H,6,7). The van der Waals surface area contributed by atoms with Crippen LogP contribution in [0.5, 0.6) is 0 Å². The normalized spacial score (nSPS) is 17.2. The van der Waals surface area contributed by atoms with Crippen molar-refractivity contribution in [2.45, 2.75) is 81.3 Å². The van der Waals surface area contributed by atoms with Crippen LogP contribution in [-0.4, -0.2) is 37.6 Å². The average Bonchev–Trinajstić information content (AvgIpc) is 3.64. The van der Waals surface area contributed by atoms with Gasteiger partial charge in [-0.2, -0.15) is 13.2 Å². The molecule has 1 amide bonds. The molecule has 0 aliphatic heterocycles. The molecule has 0 atom stereocenters. The molecule has 0 unspecified atom stereocenters. The Balaban J connectivity index is 0.000000479. The lowest BCUT2D eigenvalue weighted by Gasteiger charge is -2.25. The highest BCUT2D eigenvalue weighted by Crippen LogP contribution is 2.49. The van der Waals surface area contributed by atoms with E-state index in [0.717, 1.165) is 42.4 Å². The molecule has 2 aliphatic carbocycles. The van der Waals surface area contributed by atoms with E-state index in [1.807, 2.05) is 32.0 Å². The van der Waals surface area contributed by atoms with Gasteiger partial charge in [0.1, 0.15) is 0 Å². The van der Waals surface area contributed by atoms with Crippen molar-refractivity contribution in [3.05, 3.63) is 59.2 Å². The van der Waals surface area contributed by atoms with Gasteiger partial charge in [-0.05, 0) is 80.5 Å². The predicted molar refractivity (Wildman–Crippen MR) is 133 cm³/mol. The second-order valence-electron chi connectivity index (χ2n) is 9.62. The average molecular weight is 541 g/mol. The number of aliphatic carboxylic acids is 1. The Bertz CT molecular complexity index is 1230. The molecule has 0 heterocycles. The first-order chi connectivity index (χ1) is 17.2. The maximum Gasteiger partial charge on any atom is 0.490 e. The second-order valence-corrected chi connectivity index (χ2v) is 11.3. The number of carbonyl (C=O) groups excluding carboxylic acids is 1. The van der Waals surface area contributed by atoms with Gasteiger partial charge >= 0.3 is 12.1 Å². The van der Waals surface area contributed by atoms with Crippen molar-refractivity contribution < 1.29 is 36.3 Å². The van der Waals surface area contributed by atoms with Gasteiger partial charge in [-0.3, -0.25) is 9.52 Å². The van der Waals surface area contributed by atoms with E-state index >= 15 is 0 Å². The minimum Gasteiger partial charge on any atom is -0.475 e. The number of carboxylic acids is 1. The summed E-state index contributed by atoms with van der Waals surface area (Å²) in [5.74, 6) is -2.63. The number of carbonyl (C=O) groups is 2. The summed E-state index contributed by atoms with van der Waals surface area (Å²) >= 11 is 0. The van der Waals surface area contributed by atoms with Crippen LogP contribution in [0.2, 0.25) is 0 Å². The number of hydrogen-bond donors (Lipinski definition) is 3. The highest BCUT2D eigenvalue weighted by Gasteiger charge is 2.51. The summed E-state index contributed by atoms with van der Waals surface area (Å²) in [7, 11) is -3.65. The van der Waals surface area contributed by atoms with E-state index in [-0.39, 0.29) is 10.8 Å². The first-order valence-electron chi connectivity index (χ1n) is 12.1. The van der Waals surface area contributed by atoms with Crippen molar-refractivity contribution in [1.29, 1.82) is 0 Å². The molecule has 202 valence electrons. The van der Waals surface area contributed by atoms with Crippen LogP contribution in [-0.2, 0) is 25.0 Å². The third kappa shape index (κ3) is 7.24. The number of halogens is 3. The summed E-state index contributed by atoms with van der Waals surface area (Å²) in [5.41, 5.74) is 3.01. The van der Waals surface area contributed by atoms with E-state index in [9.17, 15) is 26.4 Å². The zero-order valence-corrected chi connectivity index (χ0v) is 21.5. The molecule has 2 aliphatic rings. The van der Waals surface area contributed by atoms with Gasteiger partial charge in [0.15, 0.2) is 0 Å². The molecule has 0 spiro atoms. The molecule has 2 saturated carbocycles. The van der Waals surface area contributed by atoms with Crippen molar-refractivity contribution >= 4 is 27.6 Å². The fourth-order valence-electron chi connectivity index (χ4n) is 4.29. The number of amides is 1. The predicted octanol–water partition coefficient (Wildman–Crippen LogP) is 5.22. The molecule has 37 heavy (non-hydrogen) atoms. The number of rotatable bonds is 6. The van der Waals surface area contributed by atoms with Gasteiger partial charge in [0, 0.05) is 11.7 Å². The fraction of sp³-hybridized carbons (Fsp3) is 0.462. The molecule has 0 bridgehead atoms. The Morgan fingerprint density at radius 2 is 1.51 bits per heavy atom. The third-order valence-electron chi connectivity index (χ3n) is 6.85. The molecular weight excluding hydrogens is 509 g/mol. The number of sulfonamides is 1. The summed E-state index contributed by atoms with van der Waals surface area (Å²) in [5, 5.41) is 10.4. The smallest absolute Gasteiger partial charge is 0.475 e. The van der Waals surface area contributed by atoms with E-state index in [1.165, 1.54) is 19.3 Å². The van der Waals surface area contributed by atoms with Gasteiger partial charge in [0.2, 0.25) is 5.91 Å². The zero-order chi connectivity index (χ0) is 27.4. The van der Waals surface area contributed by atoms with E-state index in [0.29, 0.717) is 11.7 Å².